The quantitative estimate of drug-likeness (QED) is 0.563. The molecule has 2 aromatic carbocycles. The van der Waals surface area contributed by atoms with Gasteiger partial charge in [0, 0.05) is 28.2 Å². The van der Waals surface area contributed by atoms with Gasteiger partial charge in [0.1, 0.15) is 0 Å². The van der Waals surface area contributed by atoms with E-state index in [9.17, 15) is 9.59 Å². The number of hydrogen-bond donors (Lipinski definition) is 2. The normalized spacial score (nSPS) is 16.4. The van der Waals surface area contributed by atoms with Crippen molar-refractivity contribution in [3.63, 3.8) is 0 Å². The van der Waals surface area contributed by atoms with Gasteiger partial charge in [-0.1, -0.05) is 43.5 Å². The summed E-state index contributed by atoms with van der Waals surface area (Å²) in [7, 11) is 0. The molecule has 0 bridgehead atoms. The minimum atomic E-state index is -0.385. The van der Waals surface area contributed by atoms with Crippen LogP contribution in [0.4, 0.5) is 5.69 Å². The van der Waals surface area contributed by atoms with Crippen molar-refractivity contribution in [3.8, 4) is 11.3 Å². The Morgan fingerprint density at radius 1 is 1.07 bits per heavy atom. The first-order valence-corrected chi connectivity index (χ1v) is 9.62. The SMILES string of the molecule is Cc1cc(NC2CCCCC2)c2c3c([nH]c(=O)nc13)-c1ccccc1C2=O. The molecule has 5 heteroatoms. The third-order valence-electron chi connectivity index (χ3n) is 5.82. The summed E-state index contributed by atoms with van der Waals surface area (Å²) in [5, 5.41) is 4.39. The number of rotatable bonds is 2. The molecule has 5 nitrogen and oxygen atoms in total. The Labute approximate surface area is 156 Å². The summed E-state index contributed by atoms with van der Waals surface area (Å²) in [6.45, 7) is 1.95. The summed E-state index contributed by atoms with van der Waals surface area (Å²) in [5.74, 6) is -0.00439. The molecule has 1 saturated carbocycles. The van der Waals surface area contributed by atoms with Crippen LogP contribution in [-0.2, 0) is 0 Å². The Balaban J connectivity index is 1.81. The summed E-state index contributed by atoms with van der Waals surface area (Å²) in [6, 6.07) is 9.83. The smallest absolute Gasteiger partial charge is 0.345 e. The number of fused-ring (bicyclic) bond motifs is 2. The number of ketones is 1. The summed E-state index contributed by atoms with van der Waals surface area (Å²) < 4.78 is 0. The van der Waals surface area contributed by atoms with Crippen LogP contribution in [-0.4, -0.2) is 21.8 Å². The van der Waals surface area contributed by atoms with Crippen molar-refractivity contribution in [3.05, 3.63) is 57.5 Å². The van der Waals surface area contributed by atoms with Gasteiger partial charge in [-0.05, 0) is 31.4 Å². The monoisotopic (exact) mass is 359 g/mol. The summed E-state index contributed by atoms with van der Waals surface area (Å²) in [5.41, 5.74) is 4.74. The van der Waals surface area contributed by atoms with E-state index in [-0.39, 0.29) is 11.5 Å². The highest BCUT2D eigenvalue weighted by Crippen LogP contribution is 2.41. The van der Waals surface area contributed by atoms with E-state index in [0.717, 1.165) is 35.0 Å². The van der Waals surface area contributed by atoms with E-state index in [0.29, 0.717) is 28.4 Å². The number of nitrogens with zero attached hydrogens (tertiary/aromatic N) is 1. The molecule has 0 amide bonds. The van der Waals surface area contributed by atoms with Crippen molar-refractivity contribution >= 4 is 22.4 Å². The number of carbonyl (C=O) groups is 1. The van der Waals surface area contributed by atoms with Crippen molar-refractivity contribution < 1.29 is 4.79 Å². The van der Waals surface area contributed by atoms with Crippen molar-refractivity contribution in [2.24, 2.45) is 0 Å². The zero-order valence-electron chi connectivity index (χ0n) is 15.3. The van der Waals surface area contributed by atoms with Gasteiger partial charge in [-0.15, -0.1) is 0 Å². The van der Waals surface area contributed by atoms with Crippen LogP contribution in [0, 0.1) is 6.92 Å². The lowest BCUT2D eigenvalue weighted by Crippen LogP contribution is -2.25. The fraction of sp³-hybridized carbons (Fsp3) is 0.318. The third-order valence-corrected chi connectivity index (χ3v) is 5.82. The Morgan fingerprint density at radius 2 is 1.81 bits per heavy atom. The van der Waals surface area contributed by atoms with Gasteiger partial charge in [0.2, 0.25) is 0 Å². The van der Waals surface area contributed by atoms with Gasteiger partial charge in [0.15, 0.2) is 5.78 Å². The van der Waals surface area contributed by atoms with E-state index in [2.05, 4.69) is 15.3 Å². The van der Waals surface area contributed by atoms with E-state index in [1.54, 1.807) is 0 Å². The molecule has 3 aromatic rings. The first-order chi connectivity index (χ1) is 13.1. The van der Waals surface area contributed by atoms with Crippen LogP contribution in [0.25, 0.3) is 22.2 Å². The van der Waals surface area contributed by atoms with Crippen LogP contribution >= 0.6 is 0 Å². The van der Waals surface area contributed by atoms with Crippen LogP contribution in [0.3, 0.4) is 0 Å². The van der Waals surface area contributed by atoms with E-state index >= 15 is 0 Å². The standard InChI is InChI=1S/C22H21N3O2/c1-12-11-16(23-13-7-3-2-4-8-13)17-18-19(12)24-22(27)25-20(18)14-9-5-6-10-15(14)21(17)26/h5-6,9-11,13,23H,2-4,7-8H2,1H3,(H,24,25,27). The van der Waals surface area contributed by atoms with Gasteiger partial charge in [0.05, 0.1) is 16.8 Å². The van der Waals surface area contributed by atoms with Crippen molar-refractivity contribution in [1.82, 2.24) is 9.97 Å². The second kappa shape index (κ2) is 6.05. The summed E-state index contributed by atoms with van der Waals surface area (Å²) in [6.07, 6.45) is 5.96. The van der Waals surface area contributed by atoms with Crippen LogP contribution in [0.15, 0.2) is 35.1 Å². The molecule has 1 aromatic heterocycles. The summed E-state index contributed by atoms with van der Waals surface area (Å²) >= 11 is 0. The highest BCUT2D eigenvalue weighted by atomic mass is 16.1. The second-order valence-electron chi connectivity index (χ2n) is 7.61. The minimum Gasteiger partial charge on any atom is -0.382 e. The van der Waals surface area contributed by atoms with Gasteiger partial charge >= 0.3 is 5.69 Å². The van der Waals surface area contributed by atoms with Gasteiger partial charge < -0.3 is 10.3 Å². The van der Waals surface area contributed by atoms with Crippen LogP contribution in [0.2, 0.25) is 0 Å². The predicted octanol–water partition coefficient (Wildman–Crippen LogP) is 4.19. The molecule has 0 radical (unpaired) electrons. The van der Waals surface area contributed by atoms with E-state index in [1.165, 1.54) is 19.3 Å². The Kier molecular flexibility index (Phi) is 3.64. The number of anilines is 1. The molecule has 0 saturated heterocycles. The molecule has 0 unspecified atom stereocenters. The lowest BCUT2D eigenvalue weighted by Gasteiger charge is -2.27. The molecule has 27 heavy (non-hydrogen) atoms. The van der Waals surface area contributed by atoms with Crippen LogP contribution < -0.4 is 11.0 Å². The summed E-state index contributed by atoms with van der Waals surface area (Å²) in [4.78, 5) is 32.6. The molecule has 5 rings (SSSR count). The molecule has 136 valence electrons. The Bertz CT molecular complexity index is 1140. The zero-order valence-corrected chi connectivity index (χ0v) is 15.3. The number of aromatic nitrogens is 2. The molecular weight excluding hydrogens is 338 g/mol. The average Bonchev–Trinajstić information content (AvgIpc) is 2.68. The van der Waals surface area contributed by atoms with Gasteiger partial charge in [-0.2, -0.15) is 4.98 Å². The van der Waals surface area contributed by atoms with Crippen LogP contribution in [0.5, 0.6) is 0 Å². The van der Waals surface area contributed by atoms with E-state index < -0.39 is 0 Å². The number of benzene rings is 2. The molecule has 2 aliphatic rings. The minimum absolute atomic E-state index is 0.00439. The second-order valence-corrected chi connectivity index (χ2v) is 7.61. The van der Waals surface area contributed by atoms with Crippen molar-refractivity contribution in [2.45, 2.75) is 45.1 Å². The number of nitrogens with one attached hydrogen (secondary N) is 2. The Morgan fingerprint density at radius 3 is 2.59 bits per heavy atom. The topological polar surface area (TPSA) is 74.8 Å². The number of H-pyrrole nitrogens is 1. The molecule has 2 N–H and O–H groups in total. The third kappa shape index (κ3) is 2.49. The van der Waals surface area contributed by atoms with E-state index in [4.69, 9.17) is 0 Å². The number of aryl methyl sites for hydroxylation is 1. The molecule has 1 heterocycles. The first-order valence-electron chi connectivity index (χ1n) is 9.62. The largest absolute Gasteiger partial charge is 0.382 e. The van der Waals surface area contributed by atoms with E-state index in [1.807, 2.05) is 37.3 Å². The Hall–Kier alpha value is -2.95. The molecular formula is C22H21N3O2. The number of carbonyl (C=O) groups excluding carboxylic acids is 1. The predicted molar refractivity (Wildman–Crippen MR) is 106 cm³/mol. The molecule has 1 fully saturated rings. The zero-order chi connectivity index (χ0) is 18.5. The number of hydrogen-bond acceptors (Lipinski definition) is 4. The highest BCUT2D eigenvalue weighted by molar-refractivity contribution is 6.27. The fourth-order valence-electron chi connectivity index (χ4n) is 4.55. The van der Waals surface area contributed by atoms with Gasteiger partial charge in [-0.25, -0.2) is 4.79 Å². The molecule has 2 aliphatic carbocycles. The average molecular weight is 359 g/mol. The fourth-order valence-corrected chi connectivity index (χ4v) is 4.55. The molecule has 0 spiro atoms. The molecule has 0 atom stereocenters. The maximum Gasteiger partial charge on any atom is 0.345 e. The maximum absolute atomic E-state index is 13.4. The lowest BCUT2D eigenvalue weighted by molar-refractivity contribution is 0.104. The molecule has 0 aliphatic heterocycles. The highest BCUT2D eigenvalue weighted by Gasteiger charge is 2.30. The van der Waals surface area contributed by atoms with Gasteiger partial charge in [-0.3, -0.25) is 4.79 Å². The van der Waals surface area contributed by atoms with Crippen LogP contribution in [0.1, 0.15) is 53.6 Å². The first kappa shape index (κ1) is 16.2. The van der Waals surface area contributed by atoms with Gasteiger partial charge in [0.25, 0.3) is 0 Å². The lowest BCUT2D eigenvalue weighted by atomic mass is 9.84. The number of aromatic amines is 1. The van der Waals surface area contributed by atoms with Crippen molar-refractivity contribution in [1.29, 1.82) is 0 Å². The maximum atomic E-state index is 13.4. The van der Waals surface area contributed by atoms with Crippen molar-refractivity contribution in [2.75, 3.05) is 5.32 Å².